The lowest BCUT2D eigenvalue weighted by molar-refractivity contribution is -0.136. The number of nitrogens with one attached hydrogen (secondary N) is 1. The Bertz CT molecular complexity index is 1470. The van der Waals surface area contributed by atoms with Crippen molar-refractivity contribution in [2.24, 2.45) is 7.05 Å². The molecular weight excluding hydrogens is 470 g/mol. The smallest absolute Gasteiger partial charge is 0.255 e. The van der Waals surface area contributed by atoms with Crippen LogP contribution in [-0.2, 0) is 35.1 Å². The second kappa shape index (κ2) is 8.14. The molecule has 1 N–H and O–H groups in total. The van der Waals surface area contributed by atoms with Gasteiger partial charge in [-0.3, -0.25) is 29.3 Å². The number of fused-ring (bicyclic) bond motifs is 5. The summed E-state index contributed by atoms with van der Waals surface area (Å²) in [6.45, 7) is 3.69. The molecule has 7 rings (SSSR count). The van der Waals surface area contributed by atoms with Crippen LogP contribution in [0.2, 0.25) is 0 Å². The van der Waals surface area contributed by atoms with Crippen molar-refractivity contribution in [2.75, 3.05) is 19.7 Å². The molecule has 0 bridgehead atoms. The quantitative estimate of drug-likeness (QED) is 0.556. The summed E-state index contributed by atoms with van der Waals surface area (Å²) in [5, 5.41) is 8.36. The lowest BCUT2D eigenvalue weighted by Gasteiger charge is -2.38. The molecule has 1 unspecified atom stereocenters. The summed E-state index contributed by atoms with van der Waals surface area (Å²) in [6, 6.07) is 11.7. The van der Waals surface area contributed by atoms with E-state index in [1.807, 2.05) is 23.9 Å². The van der Waals surface area contributed by atoms with Crippen molar-refractivity contribution >= 4 is 28.6 Å². The molecule has 1 atom stereocenters. The summed E-state index contributed by atoms with van der Waals surface area (Å²) in [5.74, 6) is -0.00211. The van der Waals surface area contributed by atoms with Crippen LogP contribution in [0.5, 0.6) is 5.75 Å². The molecule has 0 aliphatic carbocycles. The molecule has 4 aliphatic heterocycles. The first kappa shape index (κ1) is 22.5. The first-order chi connectivity index (χ1) is 17.9. The van der Waals surface area contributed by atoms with Crippen LogP contribution in [0.1, 0.15) is 52.9 Å². The van der Waals surface area contributed by atoms with Gasteiger partial charge >= 0.3 is 0 Å². The maximum Gasteiger partial charge on any atom is 0.255 e. The van der Waals surface area contributed by atoms with Crippen molar-refractivity contribution in [2.45, 2.75) is 50.2 Å². The molecule has 4 aliphatic rings. The van der Waals surface area contributed by atoms with Crippen molar-refractivity contribution in [3.8, 4) is 5.75 Å². The van der Waals surface area contributed by atoms with E-state index in [2.05, 4.69) is 34.5 Å². The molecule has 0 radical (unpaired) electrons. The zero-order valence-corrected chi connectivity index (χ0v) is 20.8. The number of carbonyl (C=O) groups excluding carboxylic acids is 3. The Balaban J connectivity index is 1.09. The van der Waals surface area contributed by atoms with Crippen LogP contribution < -0.4 is 10.1 Å². The zero-order valence-electron chi connectivity index (χ0n) is 20.8. The van der Waals surface area contributed by atoms with Crippen molar-refractivity contribution in [1.82, 2.24) is 24.9 Å². The number of benzene rings is 2. The van der Waals surface area contributed by atoms with Gasteiger partial charge in [0, 0.05) is 47.5 Å². The first-order valence-corrected chi connectivity index (χ1v) is 13.0. The average molecular weight is 500 g/mol. The van der Waals surface area contributed by atoms with Crippen molar-refractivity contribution in [3.63, 3.8) is 0 Å². The second-order valence-electron chi connectivity index (χ2n) is 10.8. The number of hydrogen-bond acceptors (Lipinski definition) is 6. The van der Waals surface area contributed by atoms with Gasteiger partial charge in [0.1, 0.15) is 11.8 Å². The van der Waals surface area contributed by atoms with Gasteiger partial charge in [0.25, 0.3) is 5.91 Å². The highest BCUT2D eigenvalue weighted by molar-refractivity contribution is 6.05. The van der Waals surface area contributed by atoms with E-state index in [4.69, 9.17) is 9.84 Å². The summed E-state index contributed by atoms with van der Waals surface area (Å²) in [7, 11) is 1.99. The highest BCUT2D eigenvalue weighted by atomic mass is 16.5. The third kappa shape index (κ3) is 3.40. The fraction of sp³-hybridized carbons (Fsp3) is 0.429. The van der Waals surface area contributed by atoms with E-state index in [9.17, 15) is 14.4 Å². The van der Waals surface area contributed by atoms with E-state index in [1.54, 1.807) is 4.90 Å². The van der Waals surface area contributed by atoms with E-state index in [0.717, 1.165) is 55.0 Å². The minimum atomic E-state index is -0.616. The summed E-state index contributed by atoms with van der Waals surface area (Å²) in [5.41, 5.74) is 4.89. The molecule has 1 spiro atoms. The van der Waals surface area contributed by atoms with Crippen LogP contribution in [0.25, 0.3) is 10.9 Å². The van der Waals surface area contributed by atoms with E-state index in [1.165, 1.54) is 10.9 Å². The van der Waals surface area contributed by atoms with E-state index < -0.39 is 6.04 Å². The van der Waals surface area contributed by atoms with E-state index >= 15 is 0 Å². The van der Waals surface area contributed by atoms with Gasteiger partial charge in [0.2, 0.25) is 11.8 Å². The standard InChI is InChI=1S/C28H29N5O4/c1-31-22-5-3-2-4-18(22)21(30-31)15-32-12-10-28(11-13-32)16-37-25-19-14-33(23-8-9-24(34)29-26(23)35)27(36)17(19)6-7-20(25)28/h2-7,23H,8-16H2,1H3,(H,29,34,35). The molecule has 3 aromatic rings. The molecule has 3 amide bonds. The van der Waals surface area contributed by atoms with Gasteiger partial charge in [-0.1, -0.05) is 24.3 Å². The normalized spacial score (nSPS) is 22.9. The Hall–Kier alpha value is -3.72. The van der Waals surface area contributed by atoms with Gasteiger partial charge < -0.3 is 9.64 Å². The van der Waals surface area contributed by atoms with Gasteiger partial charge in [-0.25, -0.2) is 0 Å². The van der Waals surface area contributed by atoms with E-state index in [-0.39, 0.29) is 29.6 Å². The predicted octanol–water partition coefficient (Wildman–Crippen LogP) is 2.26. The molecule has 9 nitrogen and oxygen atoms in total. The fourth-order valence-electron chi connectivity index (χ4n) is 6.65. The third-order valence-electron chi connectivity index (χ3n) is 8.75. The minimum absolute atomic E-state index is 0.0574. The molecule has 37 heavy (non-hydrogen) atoms. The topological polar surface area (TPSA) is 96.8 Å². The largest absolute Gasteiger partial charge is 0.492 e. The van der Waals surface area contributed by atoms with Crippen LogP contribution >= 0.6 is 0 Å². The molecule has 9 heteroatoms. The monoisotopic (exact) mass is 499 g/mol. The molecule has 2 fully saturated rings. The highest BCUT2D eigenvalue weighted by Gasteiger charge is 2.47. The Kier molecular flexibility index (Phi) is 4.95. The molecule has 190 valence electrons. The predicted molar refractivity (Wildman–Crippen MR) is 135 cm³/mol. The van der Waals surface area contributed by atoms with Crippen molar-refractivity contribution in [3.05, 3.63) is 58.8 Å². The zero-order chi connectivity index (χ0) is 25.3. The maximum absolute atomic E-state index is 13.2. The maximum atomic E-state index is 13.2. The Morgan fingerprint density at radius 3 is 2.73 bits per heavy atom. The number of carbonyl (C=O) groups is 3. The molecular formula is C28H29N5O4. The number of piperidine rings is 2. The summed E-state index contributed by atoms with van der Waals surface area (Å²) >= 11 is 0. The van der Waals surface area contributed by atoms with E-state index in [0.29, 0.717) is 25.1 Å². The van der Waals surface area contributed by atoms with Crippen molar-refractivity contribution < 1.29 is 19.1 Å². The SMILES string of the molecule is Cn1nc(CN2CCC3(CC2)COc2c3ccc3c2CN(C2CCC(=O)NC2=O)C3=O)c2ccccc21. The summed E-state index contributed by atoms with van der Waals surface area (Å²) in [4.78, 5) is 41.3. The van der Waals surface area contributed by atoms with Crippen LogP contribution in [0.3, 0.4) is 0 Å². The number of aromatic nitrogens is 2. The van der Waals surface area contributed by atoms with Gasteiger partial charge in [0.05, 0.1) is 24.4 Å². The highest BCUT2D eigenvalue weighted by Crippen LogP contribution is 2.49. The van der Waals surface area contributed by atoms with Crippen LogP contribution in [0.4, 0.5) is 0 Å². The molecule has 2 aromatic carbocycles. The number of rotatable bonds is 3. The average Bonchev–Trinajstić information content (AvgIpc) is 3.53. The van der Waals surface area contributed by atoms with Gasteiger partial charge in [-0.15, -0.1) is 0 Å². The number of hydrogen-bond donors (Lipinski definition) is 1. The number of amides is 3. The number of para-hydroxylation sites is 1. The number of aryl methyl sites for hydroxylation is 1. The first-order valence-electron chi connectivity index (χ1n) is 13.0. The van der Waals surface area contributed by atoms with Gasteiger partial charge in [0.15, 0.2) is 0 Å². The number of imide groups is 1. The van der Waals surface area contributed by atoms with Crippen LogP contribution in [-0.4, -0.2) is 63.0 Å². The molecule has 5 heterocycles. The van der Waals surface area contributed by atoms with Gasteiger partial charge in [-0.2, -0.15) is 5.10 Å². The Morgan fingerprint density at radius 1 is 1.11 bits per heavy atom. The Labute approximate surface area is 214 Å². The number of ether oxygens (including phenoxy) is 1. The van der Waals surface area contributed by atoms with Gasteiger partial charge in [-0.05, 0) is 44.5 Å². The number of nitrogens with zero attached hydrogens (tertiary/aromatic N) is 4. The second-order valence-corrected chi connectivity index (χ2v) is 10.8. The fourth-order valence-corrected chi connectivity index (χ4v) is 6.65. The van der Waals surface area contributed by atoms with Crippen LogP contribution in [0.15, 0.2) is 36.4 Å². The van der Waals surface area contributed by atoms with Crippen LogP contribution in [0, 0.1) is 0 Å². The minimum Gasteiger partial charge on any atom is -0.492 e. The summed E-state index contributed by atoms with van der Waals surface area (Å²) < 4.78 is 8.26. The lowest BCUT2D eigenvalue weighted by atomic mass is 9.74. The summed E-state index contributed by atoms with van der Waals surface area (Å²) in [6.07, 6.45) is 2.57. The third-order valence-corrected chi connectivity index (χ3v) is 8.75. The molecule has 0 saturated carbocycles. The lowest BCUT2D eigenvalue weighted by Crippen LogP contribution is -2.52. The Morgan fingerprint density at radius 2 is 1.92 bits per heavy atom. The molecule has 1 aromatic heterocycles. The molecule has 2 saturated heterocycles. The number of likely N-dealkylation sites (tertiary alicyclic amines) is 1. The van der Waals surface area contributed by atoms with Crippen molar-refractivity contribution in [1.29, 1.82) is 0 Å².